The number of hydrogen-bond donors (Lipinski definition) is 2. The van der Waals surface area contributed by atoms with Gasteiger partial charge in [-0.05, 0) is 29.3 Å². The molecule has 0 spiro atoms. The smallest absolute Gasteiger partial charge is 0.417 e. The quantitative estimate of drug-likeness (QED) is 0.672. The highest BCUT2D eigenvalue weighted by Gasteiger charge is 2.33. The number of phenolic OH excluding ortho intramolecular Hbond substituents is 1. The van der Waals surface area contributed by atoms with Crippen molar-refractivity contribution in [3.8, 4) is 16.9 Å². The van der Waals surface area contributed by atoms with Crippen LogP contribution in [0.5, 0.6) is 5.75 Å². The Balaban J connectivity index is 2.34. The van der Waals surface area contributed by atoms with Gasteiger partial charge in [0.15, 0.2) is 0 Å². The predicted molar refractivity (Wildman–Crippen MR) is 70.4 cm³/mol. The topological polar surface area (TPSA) is 36.0 Å². The number of halogens is 3. The summed E-state index contributed by atoms with van der Waals surface area (Å²) in [5, 5.41) is 10.3. The number of nitrogens with one attached hydrogen (secondary N) is 1. The molecular weight excluding hydrogens is 267 g/mol. The summed E-state index contributed by atoms with van der Waals surface area (Å²) >= 11 is 0. The van der Waals surface area contributed by atoms with Crippen LogP contribution >= 0.6 is 0 Å². The zero-order valence-electron chi connectivity index (χ0n) is 10.2. The zero-order chi connectivity index (χ0) is 14.3. The van der Waals surface area contributed by atoms with Crippen molar-refractivity contribution in [3.05, 3.63) is 54.2 Å². The molecule has 0 saturated carbocycles. The monoisotopic (exact) mass is 277 g/mol. The summed E-state index contributed by atoms with van der Waals surface area (Å²) < 4.78 is 39.3. The molecule has 2 aromatic carbocycles. The van der Waals surface area contributed by atoms with E-state index >= 15 is 0 Å². The summed E-state index contributed by atoms with van der Waals surface area (Å²) in [6.45, 7) is 0. The molecule has 3 aromatic rings. The van der Waals surface area contributed by atoms with E-state index in [9.17, 15) is 18.3 Å². The minimum absolute atomic E-state index is 0.0560. The maximum atomic E-state index is 13.1. The van der Waals surface area contributed by atoms with Gasteiger partial charge in [0.1, 0.15) is 5.75 Å². The van der Waals surface area contributed by atoms with E-state index in [0.717, 1.165) is 6.07 Å². The first-order chi connectivity index (χ1) is 9.47. The highest BCUT2D eigenvalue weighted by atomic mass is 19.4. The fourth-order valence-electron chi connectivity index (χ4n) is 2.34. The summed E-state index contributed by atoms with van der Waals surface area (Å²) in [4.78, 5) is 2.89. The lowest BCUT2D eigenvalue weighted by atomic mass is 9.96. The van der Waals surface area contributed by atoms with Crippen LogP contribution in [0.1, 0.15) is 5.56 Å². The molecule has 0 aliphatic rings. The number of benzene rings is 2. The maximum Gasteiger partial charge on any atom is 0.417 e. The van der Waals surface area contributed by atoms with Crippen molar-refractivity contribution in [1.82, 2.24) is 4.98 Å². The lowest BCUT2D eigenvalue weighted by Crippen LogP contribution is -2.06. The number of rotatable bonds is 1. The molecule has 0 saturated heterocycles. The van der Waals surface area contributed by atoms with Crippen molar-refractivity contribution < 1.29 is 18.3 Å². The van der Waals surface area contributed by atoms with E-state index in [4.69, 9.17) is 0 Å². The average Bonchev–Trinajstić information content (AvgIpc) is 2.84. The van der Waals surface area contributed by atoms with Crippen LogP contribution < -0.4 is 0 Å². The predicted octanol–water partition coefficient (Wildman–Crippen LogP) is 4.56. The molecule has 2 N–H and O–H groups in total. The first-order valence-electron chi connectivity index (χ1n) is 5.93. The molecule has 0 atom stereocenters. The Morgan fingerprint density at radius 1 is 0.950 bits per heavy atom. The molecule has 0 fully saturated rings. The SMILES string of the molecule is Oc1cc(-c2ccccc2C(F)(F)F)c2cc[nH]c2c1. The van der Waals surface area contributed by atoms with E-state index in [1.807, 2.05) is 0 Å². The van der Waals surface area contributed by atoms with Crippen LogP contribution in [0, 0.1) is 0 Å². The molecule has 1 aromatic heterocycles. The van der Waals surface area contributed by atoms with Crippen molar-refractivity contribution in [3.63, 3.8) is 0 Å². The number of aromatic amines is 1. The molecule has 0 bridgehead atoms. The summed E-state index contributed by atoms with van der Waals surface area (Å²) in [7, 11) is 0. The number of H-pyrrole nitrogens is 1. The van der Waals surface area contributed by atoms with E-state index < -0.39 is 11.7 Å². The van der Waals surface area contributed by atoms with Crippen molar-refractivity contribution in [2.45, 2.75) is 6.18 Å². The Kier molecular flexibility index (Phi) is 2.71. The summed E-state index contributed by atoms with van der Waals surface area (Å²) in [6.07, 6.45) is -2.81. The number of phenols is 1. The van der Waals surface area contributed by atoms with E-state index in [1.54, 1.807) is 18.3 Å². The summed E-state index contributed by atoms with van der Waals surface area (Å²) in [5.41, 5.74) is 0.291. The Labute approximate surface area is 112 Å². The third-order valence-corrected chi connectivity index (χ3v) is 3.18. The van der Waals surface area contributed by atoms with E-state index in [2.05, 4.69) is 4.98 Å². The van der Waals surface area contributed by atoms with Gasteiger partial charge in [0.2, 0.25) is 0 Å². The largest absolute Gasteiger partial charge is 0.508 e. The van der Waals surface area contributed by atoms with Crippen molar-refractivity contribution in [1.29, 1.82) is 0 Å². The van der Waals surface area contributed by atoms with Crippen molar-refractivity contribution in [2.24, 2.45) is 0 Å². The minimum Gasteiger partial charge on any atom is -0.508 e. The second-order valence-electron chi connectivity index (χ2n) is 4.48. The average molecular weight is 277 g/mol. The fourth-order valence-corrected chi connectivity index (χ4v) is 2.34. The molecule has 0 aliphatic carbocycles. The van der Waals surface area contributed by atoms with Gasteiger partial charge in [-0.25, -0.2) is 0 Å². The van der Waals surface area contributed by atoms with Crippen molar-refractivity contribution in [2.75, 3.05) is 0 Å². The number of fused-ring (bicyclic) bond motifs is 1. The lowest BCUT2D eigenvalue weighted by molar-refractivity contribution is -0.137. The summed E-state index contributed by atoms with van der Waals surface area (Å²) in [6, 6.07) is 9.87. The van der Waals surface area contributed by atoms with Crippen LogP contribution in [-0.4, -0.2) is 10.1 Å². The number of aromatic hydroxyl groups is 1. The second-order valence-corrected chi connectivity index (χ2v) is 4.48. The molecule has 2 nitrogen and oxygen atoms in total. The lowest BCUT2D eigenvalue weighted by Gasteiger charge is -2.13. The molecular formula is C15H10F3NO. The fraction of sp³-hybridized carbons (Fsp3) is 0.0667. The normalized spacial score (nSPS) is 11.9. The van der Waals surface area contributed by atoms with Gasteiger partial charge < -0.3 is 10.1 Å². The molecule has 20 heavy (non-hydrogen) atoms. The zero-order valence-corrected chi connectivity index (χ0v) is 10.2. The Morgan fingerprint density at radius 3 is 2.45 bits per heavy atom. The van der Waals surface area contributed by atoms with Crippen LogP contribution in [0.15, 0.2) is 48.7 Å². The molecule has 0 radical (unpaired) electrons. The van der Waals surface area contributed by atoms with Gasteiger partial charge in [-0.15, -0.1) is 0 Å². The highest BCUT2D eigenvalue weighted by molar-refractivity contribution is 5.97. The van der Waals surface area contributed by atoms with Gasteiger partial charge in [0.05, 0.1) is 5.56 Å². The Bertz CT molecular complexity index is 774. The van der Waals surface area contributed by atoms with Crippen LogP contribution in [0.4, 0.5) is 13.2 Å². The second kappa shape index (κ2) is 4.30. The molecule has 5 heteroatoms. The maximum absolute atomic E-state index is 13.1. The number of hydrogen-bond acceptors (Lipinski definition) is 1. The number of aromatic nitrogens is 1. The molecule has 0 aliphatic heterocycles. The Morgan fingerprint density at radius 2 is 1.70 bits per heavy atom. The molecule has 102 valence electrons. The van der Waals surface area contributed by atoms with Gasteiger partial charge in [0.25, 0.3) is 0 Å². The van der Waals surface area contributed by atoms with Gasteiger partial charge in [-0.1, -0.05) is 18.2 Å². The van der Waals surface area contributed by atoms with Crippen LogP contribution in [0.3, 0.4) is 0 Å². The first kappa shape index (κ1) is 12.6. The van der Waals surface area contributed by atoms with Gasteiger partial charge in [0, 0.05) is 23.2 Å². The summed E-state index contributed by atoms with van der Waals surface area (Å²) in [5.74, 6) is -0.0769. The number of alkyl halides is 3. The van der Waals surface area contributed by atoms with Crippen LogP contribution in [0.2, 0.25) is 0 Å². The highest BCUT2D eigenvalue weighted by Crippen LogP contribution is 2.40. The van der Waals surface area contributed by atoms with Gasteiger partial charge >= 0.3 is 6.18 Å². The third kappa shape index (κ3) is 2.01. The van der Waals surface area contributed by atoms with Crippen LogP contribution in [-0.2, 0) is 6.18 Å². The van der Waals surface area contributed by atoms with E-state index in [1.165, 1.54) is 24.3 Å². The van der Waals surface area contributed by atoms with Gasteiger partial charge in [-0.3, -0.25) is 0 Å². The van der Waals surface area contributed by atoms with Gasteiger partial charge in [-0.2, -0.15) is 13.2 Å². The van der Waals surface area contributed by atoms with E-state index in [-0.39, 0.29) is 11.3 Å². The molecule has 3 rings (SSSR count). The van der Waals surface area contributed by atoms with E-state index in [0.29, 0.717) is 16.5 Å². The molecule has 0 unspecified atom stereocenters. The molecule has 1 heterocycles. The minimum atomic E-state index is -4.44. The first-order valence-corrected chi connectivity index (χ1v) is 5.93. The van der Waals surface area contributed by atoms with Crippen LogP contribution in [0.25, 0.3) is 22.0 Å². The molecule has 0 amide bonds. The van der Waals surface area contributed by atoms with Crippen molar-refractivity contribution >= 4 is 10.9 Å². The Hall–Kier alpha value is -2.43. The standard InChI is InChI=1S/C15H10F3NO/c16-15(17,18)13-4-2-1-3-10(13)12-7-9(20)8-14-11(12)5-6-19-14/h1-8,19-20H. The third-order valence-electron chi connectivity index (χ3n) is 3.18.